The third-order valence-corrected chi connectivity index (χ3v) is 6.96. The predicted octanol–water partition coefficient (Wildman–Crippen LogP) is 10.5. The molecule has 0 aliphatic carbocycles. The summed E-state index contributed by atoms with van der Waals surface area (Å²) >= 11 is 0. The molecule has 6 aromatic carbocycles. The first-order valence-corrected chi connectivity index (χ1v) is 11.8. The van der Waals surface area contributed by atoms with Gasteiger partial charge in [-0.3, -0.25) is 0 Å². The lowest BCUT2D eigenvalue weighted by molar-refractivity contribution is -0.138. The third kappa shape index (κ3) is 4.06. The molecule has 0 saturated heterocycles. The van der Waals surface area contributed by atoms with Crippen molar-refractivity contribution >= 4 is 32.3 Å². The molecule has 0 spiro atoms. The van der Waals surface area contributed by atoms with Crippen LogP contribution < -0.4 is 0 Å². The van der Waals surface area contributed by atoms with Gasteiger partial charge in [-0.25, -0.2) is 0 Å². The van der Waals surface area contributed by atoms with E-state index in [9.17, 15) is 26.3 Å². The zero-order valence-electron chi connectivity index (χ0n) is 19.7. The van der Waals surface area contributed by atoms with Gasteiger partial charge < -0.3 is 0 Å². The summed E-state index contributed by atoms with van der Waals surface area (Å²) in [7, 11) is 0. The number of halogens is 6. The Kier molecular flexibility index (Phi) is 5.45. The molecule has 0 fully saturated rings. The molecule has 0 N–H and O–H groups in total. The van der Waals surface area contributed by atoms with Gasteiger partial charge in [0, 0.05) is 0 Å². The van der Waals surface area contributed by atoms with Gasteiger partial charge in [-0.1, -0.05) is 84.9 Å². The van der Waals surface area contributed by atoms with Crippen molar-refractivity contribution in [2.45, 2.75) is 12.4 Å². The highest BCUT2D eigenvalue weighted by molar-refractivity contribution is 6.21. The average Bonchev–Trinajstić information content (AvgIpc) is 2.91. The maximum absolute atomic E-state index is 13.0. The second-order valence-corrected chi connectivity index (χ2v) is 9.18. The van der Waals surface area contributed by atoms with Crippen LogP contribution in [0.2, 0.25) is 0 Å². The van der Waals surface area contributed by atoms with Crippen molar-refractivity contribution in [3.05, 3.63) is 120 Å². The van der Waals surface area contributed by atoms with E-state index in [0.717, 1.165) is 67.7 Å². The molecular weight excluding hydrogens is 498 g/mol. The summed E-state index contributed by atoms with van der Waals surface area (Å²) in [6, 6.07) is 29.7. The largest absolute Gasteiger partial charge is 0.416 e. The number of benzene rings is 6. The van der Waals surface area contributed by atoms with E-state index in [1.165, 1.54) is 24.3 Å². The lowest BCUT2D eigenvalue weighted by Gasteiger charge is -2.14. The van der Waals surface area contributed by atoms with Gasteiger partial charge in [0.15, 0.2) is 0 Å². The smallest absolute Gasteiger partial charge is 0.166 e. The van der Waals surface area contributed by atoms with Crippen LogP contribution in [0, 0.1) is 0 Å². The first-order chi connectivity index (χ1) is 18.1. The van der Waals surface area contributed by atoms with Crippen molar-refractivity contribution < 1.29 is 26.3 Å². The van der Waals surface area contributed by atoms with Crippen molar-refractivity contribution in [3.8, 4) is 22.3 Å². The molecule has 0 radical (unpaired) electrons. The molecule has 188 valence electrons. The maximum Gasteiger partial charge on any atom is 0.416 e. The molecule has 38 heavy (non-hydrogen) atoms. The Morgan fingerprint density at radius 1 is 0.316 bits per heavy atom. The van der Waals surface area contributed by atoms with Crippen LogP contribution in [0.4, 0.5) is 26.3 Å². The molecular formula is C32H18F6. The average molecular weight is 516 g/mol. The van der Waals surface area contributed by atoms with Gasteiger partial charge >= 0.3 is 12.4 Å². The van der Waals surface area contributed by atoms with Gasteiger partial charge in [-0.15, -0.1) is 0 Å². The highest BCUT2D eigenvalue weighted by atomic mass is 19.4. The van der Waals surface area contributed by atoms with Crippen molar-refractivity contribution in [1.29, 1.82) is 0 Å². The second-order valence-electron chi connectivity index (χ2n) is 9.18. The molecule has 0 bridgehead atoms. The number of rotatable bonds is 2. The lowest BCUT2D eigenvalue weighted by Crippen LogP contribution is -2.04. The highest BCUT2D eigenvalue weighted by Gasteiger charge is 2.30. The van der Waals surface area contributed by atoms with Crippen LogP contribution in [0.25, 0.3) is 54.6 Å². The van der Waals surface area contributed by atoms with E-state index in [1.807, 2.05) is 60.7 Å². The maximum atomic E-state index is 13.0. The van der Waals surface area contributed by atoms with Gasteiger partial charge in [0.25, 0.3) is 0 Å². The monoisotopic (exact) mass is 516 g/mol. The molecule has 0 heterocycles. The number of fused-ring (bicyclic) bond motifs is 5. The van der Waals surface area contributed by atoms with Crippen LogP contribution >= 0.6 is 0 Å². The molecule has 0 aromatic heterocycles. The third-order valence-electron chi connectivity index (χ3n) is 6.96. The van der Waals surface area contributed by atoms with Crippen molar-refractivity contribution in [2.75, 3.05) is 0 Å². The van der Waals surface area contributed by atoms with Crippen LogP contribution in [0.5, 0.6) is 0 Å². The fraction of sp³-hybridized carbons (Fsp3) is 0.0625. The Bertz CT molecular complexity index is 1670. The van der Waals surface area contributed by atoms with Crippen LogP contribution in [0.1, 0.15) is 11.1 Å². The Hall–Kier alpha value is -4.32. The number of hydrogen-bond acceptors (Lipinski definition) is 0. The first-order valence-electron chi connectivity index (χ1n) is 11.8. The van der Waals surface area contributed by atoms with Crippen LogP contribution in [0.3, 0.4) is 0 Å². The predicted molar refractivity (Wildman–Crippen MR) is 140 cm³/mol. The van der Waals surface area contributed by atoms with Gasteiger partial charge in [0.05, 0.1) is 11.1 Å². The van der Waals surface area contributed by atoms with Gasteiger partial charge in [-0.05, 0) is 78.8 Å². The second kappa shape index (κ2) is 8.62. The number of alkyl halides is 6. The molecule has 0 aliphatic rings. The Morgan fingerprint density at radius 3 is 0.974 bits per heavy atom. The molecule has 6 rings (SSSR count). The molecule has 0 atom stereocenters. The molecule has 0 nitrogen and oxygen atoms in total. The highest BCUT2D eigenvalue weighted by Crippen LogP contribution is 2.40. The van der Waals surface area contributed by atoms with E-state index >= 15 is 0 Å². The molecule has 6 aromatic rings. The standard InChI is InChI=1S/C32H18F6/c33-31(34,35)21-11-7-19(8-12-21)23-3-1-5-25-27(23)15-18-30-26-6-2-4-24(28(26)16-17-29(25)30)20-9-13-22(14-10-20)32(36,37)38/h1-18H. The summed E-state index contributed by atoms with van der Waals surface area (Å²) in [5.41, 5.74) is 1.65. The summed E-state index contributed by atoms with van der Waals surface area (Å²) in [5, 5.41) is 5.71. The zero-order chi connectivity index (χ0) is 26.7. The van der Waals surface area contributed by atoms with Crippen LogP contribution in [-0.4, -0.2) is 0 Å². The summed E-state index contributed by atoms with van der Waals surface area (Å²) < 4.78 is 78.2. The van der Waals surface area contributed by atoms with Gasteiger partial charge in [0.1, 0.15) is 0 Å². The minimum absolute atomic E-state index is 0.688. The zero-order valence-corrected chi connectivity index (χ0v) is 19.7. The van der Waals surface area contributed by atoms with E-state index in [2.05, 4.69) is 0 Å². The molecule has 0 aliphatic heterocycles. The Labute approximate surface area is 213 Å². The normalized spacial score (nSPS) is 12.5. The molecule has 0 saturated carbocycles. The molecule has 6 heteroatoms. The van der Waals surface area contributed by atoms with Gasteiger partial charge in [0.2, 0.25) is 0 Å². The van der Waals surface area contributed by atoms with Crippen molar-refractivity contribution in [3.63, 3.8) is 0 Å². The topological polar surface area (TPSA) is 0 Å². The van der Waals surface area contributed by atoms with E-state index in [4.69, 9.17) is 0 Å². The van der Waals surface area contributed by atoms with Crippen LogP contribution in [0.15, 0.2) is 109 Å². The first kappa shape index (κ1) is 24.0. The van der Waals surface area contributed by atoms with Crippen molar-refractivity contribution in [1.82, 2.24) is 0 Å². The van der Waals surface area contributed by atoms with Gasteiger partial charge in [-0.2, -0.15) is 26.3 Å². The summed E-state index contributed by atoms with van der Waals surface area (Å²) in [6.45, 7) is 0. The summed E-state index contributed by atoms with van der Waals surface area (Å²) in [4.78, 5) is 0. The fourth-order valence-electron chi connectivity index (χ4n) is 5.12. The molecule has 0 amide bonds. The molecule has 0 unspecified atom stereocenters. The summed E-state index contributed by atoms with van der Waals surface area (Å²) in [6.07, 6.45) is -8.79. The summed E-state index contributed by atoms with van der Waals surface area (Å²) in [5.74, 6) is 0. The van der Waals surface area contributed by atoms with E-state index in [1.54, 1.807) is 0 Å². The van der Waals surface area contributed by atoms with E-state index < -0.39 is 23.5 Å². The lowest BCUT2D eigenvalue weighted by atomic mass is 9.90. The SMILES string of the molecule is FC(F)(F)c1ccc(-c2cccc3c2ccc2c4cccc(-c5ccc(C(F)(F)F)cc5)c4ccc32)cc1. The Balaban J connectivity index is 1.50. The van der Waals surface area contributed by atoms with Crippen LogP contribution in [-0.2, 0) is 12.4 Å². The van der Waals surface area contributed by atoms with E-state index in [0.29, 0.717) is 11.1 Å². The minimum atomic E-state index is -4.40. The fourth-order valence-corrected chi connectivity index (χ4v) is 5.12. The number of hydrogen-bond donors (Lipinski definition) is 0. The quantitative estimate of drug-likeness (QED) is 0.159. The van der Waals surface area contributed by atoms with Crippen molar-refractivity contribution in [2.24, 2.45) is 0 Å². The minimum Gasteiger partial charge on any atom is -0.166 e. The Morgan fingerprint density at radius 2 is 0.632 bits per heavy atom. The van der Waals surface area contributed by atoms with E-state index in [-0.39, 0.29) is 0 Å².